The SMILES string of the molecule is Cc1ccc(-c2cc(C(=O)Nc3ccc(-c4csc(C)n4)cc3)n[nH]2)o1. The maximum Gasteiger partial charge on any atom is 0.276 e. The number of amides is 1. The van der Waals surface area contributed by atoms with Crippen LogP contribution in [0, 0.1) is 13.8 Å². The number of carbonyl (C=O) groups excluding carboxylic acids is 1. The lowest BCUT2D eigenvalue weighted by Crippen LogP contribution is -2.12. The third-order valence-electron chi connectivity index (χ3n) is 3.87. The number of rotatable bonds is 4. The minimum atomic E-state index is -0.284. The molecule has 4 aromatic rings. The molecule has 4 rings (SSSR count). The maximum atomic E-state index is 12.4. The predicted octanol–water partition coefficient (Wildman–Crippen LogP) is 4.66. The van der Waals surface area contributed by atoms with Gasteiger partial charge in [0.05, 0.1) is 10.7 Å². The molecule has 0 saturated carbocycles. The summed E-state index contributed by atoms with van der Waals surface area (Å²) in [5.41, 5.74) is 3.62. The van der Waals surface area contributed by atoms with E-state index in [1.807, 2.05) is 55.6 Å². The highest BCUT2D eigenvalue weighted by atomic mass is 32.1. The number of aromatic amines is 1. The predicted molar refractivity (Wildman–Crippen MR) is 101 cm³/mol. The number of aromatic nitrogens is 3. The number of anilines is 1. The Morgan fingerprint density at radius 1 is 1.15 bits per heavy atom. The topological polar surface area (TPSA) is 83.8 Å². The Labute approximate surface area is 153 Å². The normalized spacial score (nSPS) is 10.8. The molecule has 26 heavy (non-hydrogen) atoms. The molecule has 6 nitrogen and oxygen atoms in total. The summed E-state index contributed by atoms with van der Waals surface area (Å²) in [5, 5.41) is 12.8. The van der Waals surface area contributed by atoms with Crippen molar-refractivity contribution in [2.75, 3.05) is 5.32 Å². The van der Waals surface area contributed by atoms with Crippen molar-refractivity contribution in [2.24, 2.45) is 0 Å². The number of benzene rings is 1. The van der Waals surface area contributed by atoms with Crippen LogP contribution in [0.25, 0.3) is 22.7 Å². The van der Waals surface area contributed by atoms with Gasteiger partial charge in [-0.2, -0.15) is 5.10 Å². The minimum Gasteiger partial charge on any atom is -0.460 e. The standard InChI is InChI=1S/C19H16N4O2S/c1-11-3-8-18(25-11)15-9-16(23-22-15)19(24)21-14-6-4-13(5-7-14)17-10-26-12(2)20-17/h3-10H,1-2H3,(H,21,24)(H,22,23). The van der Waals surface area contributed by atoms with Gasteiger partial charge in [-0.3, -0.25) is 9.89 Å². The van der Waals surface area contributed by atoms with E-state index in [1.54, 1.807) is 17.4 Å². The first-order valence-electron chi connectivity index (χ1n) is 8.04. The van der Waals surface area contributed by atoms with E-state index in [-0.39, 0.29) is 5.91 Å². The minimum absolute atomic E-state index is 0.284. The van der Waals surface area contributed by atoms with E-state index in [2.05, 4.69) is 20.5 Å². The van der Waals surface area contributed by atoms with Crippen LogP contribution in [0.15, 0.2) is 52.3 Å². The summed E-state index contributed by atoms with van der Waals surface area (Å²) in [7, 11) is 0. The van der Waals surface area contributed by atoms with Gasteiger partial charge in [0.1, 0.15) is 11.5 Å². The van der Waals surface area contributed by atoms with E-state index in [0.29, 0.717) is 22.8 Å². The molecular formula is C19H16N4O2S. The first-order chi connectivity index (χ1) is 12.6. The summed E-state index contributed by atoms with van der Waals surface area (Å²) < 4.78 is 5.53. The number of furan rings is 1. The van der Waals surface area contributed by atoms with Gasteiger partial charge in [-0.1, -0.05) is 12.1 Å². The molecule has 0 bridgehead atoms. The third-order valence-corrected chi connectivity index (χ3v) is 4.65. The number of nitrogens with zero attached hydrogens (tertiary/aromatic N) is 2. The fourth-order valence-electron chi connectivity index (χ4n) is 2.56. The van der Waals surface area contributed by atoms with E-state index < -0.39 is 0 Å². The largest absolute Gasteiger partial charge is 0.460 e. The molecule has 2 N–H and O–H groups in total. The van der Waals surface area contributed by atoms with Gasteiger partial charge in [-0.25, -0.2) is 4.98 Å². The summed E-state index contributed by atoms with van der Waals surface area (Å²) in [5.74, 6) is 1.17. The Balaban J connectivity index is 1.47. The summed E-state index contributed by atoms with van der Waals surface area (Å²) in [6.45, 7) is 3.84. The molecule has 0 saturated heterocycles. The molecular weight excluding hydrogens is 348 g/mol. The van der Waals surface area contributed by atoms with E-state index >= 15 is 0 Å². The van der Waals surface area contributed by atoms with Crippen molar-refractivity contribution in [1.29, 1.82) is 0 Å². The molecule has 0 spiro atoms. The lowest BCUT2D eigenvalue weighted by molar-refractivity contribution is 0.102. The Bertz CT molecular complexity index is 1060. The van der Waals surface area contributed by atoms with Crippen LogP contribution in [0.3, 0.4) is 0 Å². The molecule has 0 fully saturated rings. The van der Waals surface area contributed by atoms with Crippen molar-refractivity contribution in [3.8, 4) is 22.7 Å². The molecule has 3 aromatic heterocycles. The number of carbonyl (C=O) groups is 1. The highest BCUT2D eigenvalue weighted by molar-refractivity contribution is 7.09. The van der Waals surface area contributed by atoms with Crippen LogP contribution in [0.4, 0.5) is 5.69 Å². The van der Waals surface area contributed by atoms with E-state index in [9.17, 15) is 4.79 Å². The van der Waals surface area contributed by atoms with Crippen LogP contribution >= 0.6 is 11.3 Å². The molecule has 3 heterocycles. The second-order valence-corrected chi connectivity index (χ2v) is 6.92. The molecule has 0 aliphatic heterocycles. The molecule has 0 aliphatic rings. The summed E-state index contributed by atoms with van der Waals surface area (Å²) in [6.07, 6.45) is 0. The monoisotopic (exact) mass is 364 g/mol. The highest BCUT2D eigenvalue weighted by Gasteiger charge is 2.13. The van der Waals surface area contributed by atoms with Gasteiger partial charge >= 0.3 is 0 Å². The summed E-state index contributed by atoms with van der Waals surface area (Å²) >= 11 is 1.61. The fourth-order valence-corrected chi connectivity index (χ4v) is 3.18. The molecule has 130 valence electrons. The van der Waals surface area contributed by atoms with Crippen molar-refractivity contribution in [3.63, 3.8) is 0 Å². The van der Waals surface area contributed by atoms with Gasteiger partial charge in [-0.15, -0.1) is 11.3 Å². The van der Waals surface area contributed by atoms with Crippen LogP contribution in [0.2, 0.25) is 0 Å². The van der Waals surface area contributed by atoms with Crippen LogP contribution < -0.4 is 5.32 Å². The van der Waals surface area contributed by atoms with Crippen molar-refractivity contribution in [3.05, 3.63) is 64.3 Å². The molecule has 0 radical (unpaired) electrons. The molecule has 0 unspecified atom stereocenters. The van der Waals surface area contributed by atoms with E-state index in [4.69, 9.17) is 4.42 Å². The third kappa shape index (κ3) is 3.29. The lowest BCUT2D eigenvalue weighted by atomic mass is 10.1. The average molecular weight is 364 g/mol. The van der Waals surface area contributed by atoms with Crippen LogP contribution in [0.1, 0.15) is 21.3 Å². The van der Waals surface area contributed by atoms with Gasteiger partial charge < -0.3 is 9.73 Å². The molecule has 1 aromatic carbocycles. The first-order valence-corrected chi connectivity index (χ1v) is 8.92. The summed E-state index contributed by atoms with van der Waals surface area (Å²) in [4.78, 5) is 16.8. The van der Waals surface area contributed by atoms with Gasteiger partial charge in [0.25, 0.3) is 5.91 Å². The van der Waals surface area contributed by atoms with Crippen LogP contribution in [0.5, 0.6) is 0 Å². The quantitative estimate of drug-likeness (QED) is 0.551. The van der Waals surface area contributed by atoms with Crippen molar-refractivity contribution in [2.45, 2.75) is 13.8 Å². The average Bonchev–Trinajstić information content (AvgIpc) is 3.36. The van der Waals surface area contributed by atoms with Crippen molar-refractivity contribution in [1.82, 2.24) is 15.2 Å². The Kier molecular flexibility index (Phi) is 4.14. The molecule has 0 atom stereocenters. The van der Waals surface area contributed by atoms with Gasteiger partial charge in [0.15, 0.2) is 11.5 Å². The molecule has 7 heteroatoms. The Morgan fingerprint density at radius 2 is 1.96 bits per heavy atom. The highest BCUT2D eigenvalue weighted by Crippen LogP contribution is 2.24. The lowest BCUT2D eigenvalue weighted by Gasteiger charge is -2.04. The smallest absolute Gasteiger partial charge is 0.276 e. The van der Waals surface area contributed by atoms with Crippen molar-refractivity contribution < 1.29 is 9.21 Å². The Morgan fingerprint density at radius 3 is 2.62 bits per heavy atom. The summed E-state index contributed by atoms with van der Waals surface area (Å²) in [6, 6.07) is 12.9. The van der Waals surface area contributed by atoms with E-state index in [0.717, 1.165) is 22.0 Å². The number of hydrogen-bond donors (Lipinski definition) is 2. The number of H-pyrrole nitrogens is 1. The number of hydrogen-bond acceptors (Lipinski definition) is 5. The Hall–Kier alpha value is -3.19. The fraction of sp³-hybridized carbons (Fsp3) is 0.105. The molecule has 0 aliphatic carbocycles. The van der Waals surface area contributed by atoms with Crippen LogP contribution in [-0.2, 0) is 0 Å². The van der Waals surface area contributed by atoms with Gasteiger partial charge in [0, 0.05) is 22.7 Å². The molecule has 1 amide bonds. The van der Waals surface area contributed by atoms with Gasteiger partial charge in [-0.05, 0) is 38.1 Å². The second-order valence-electron chi connectivity index (χ2n) is 5.86. The first kappa shape index (κ1) is 16.3. The zero-order chi connectivity index (χ0) is 18.1. The number of thiazole rings is 1. The second kappa shape index (κ2) is 6.61. The van der Waals surface area contributed by atoms with Gasteiger partial charge in [0.2, 0.25) is 0 Å². The number of aryl methyl sites for hydroxylation is 2. The number of nitrogens with one attached hydrogen (secondary N) is 2. The zero-order valence-corrected chi connectivity index (χ0v) is 15.1. The zero-order valence-electron chi connectivity index (χ0n) is 14.2. The van der Waals surface area contributed by atoms with Crippen molar-refractivity contribution >= 4 is 22.9 Å². The van der Waals surface area contributed by atoms with Crippen LogP contribution in [-0.4, -0.2) is 21.1 Å². The van der Waals surface area contributed by atoms with E-state index in [1.165, 1.54) is 0 Å². The maximum absolute atomic E-state index is 12.4.